The number of hydrogen-bond donors (Lipinski definition) is 1. The van der Waals surface area contributed by atoms with Gasteiger partial charge in [0.2, 0.25) is 0 Å². The van der Waals surface area contributed by atoms with Crippen molar-refractivity contribution in [3.05, 3.63) is 24.3 Å². The predicted molar refractivity (Wildman–Crippen MR) is 50.1 cm³/mol. The van der Waals surface area contributed by atoms with Gasteiger partial charge in [-0.05, 0) is 31.2 Å². The van der Waals surface area contributed by atoms with Gasteiger partial charge in [-0.2, -0.15) is 0 Å². The maximum absolute atomic E-state index is 8.99. The molecule has 0 aliphatic heterocycles. The van der Waals surface area contributed by atoms with Crippen molar-refractivity contribution >= 4 is 0 Å². The second kappa shape index (κ2) is 5.43. The number of rotatable bonds is 5. The molecule has 0 fully saturated rings. The summed E-state index contributed by atoms with van der Waals surface area (Å²) in [5.41, 5.74) is 0. The first-order chi connectivity index (χ1) is 6.33. The Morgan fingerprint density at radius 2 is 1.85 bits per heavy atom. The molecular formula is C10H14O3. The highest BCUT2D eigenvalue weighted by atomic mass is 16.5. The standard InChI is InChI=1S/C10H14O3/c1-2-12-7-8-13-10-5-3-9(11)4-6-10/h3-6,11H,2,7-8H2,1H3. The van der Waals surface area contributed by atoms with Gasteiger partial charge >= 0.3 is 0 Å². The van der Waals surface area contributed by atoms with Crippen molar-refractivity contribution in [2.45, 2.75) is 6.92 Å². The van der Waals surface area contributed by atoms with E-state index in [1.807, 2.05) is 6.92 Å². The molecule has 3 heteroatoms. The molecule has 0 saturated heterocycles. The van der Waals surface area contributed by atoms with Crippen LogP contribution in [-0.2, 0) is 4.74 Å². The monoisotopic (exact) mass is 182 g/mol. The summed E-state index contributed by atoms with van der Waals surface area (Å²) in [6, 6.07) is 6.63. The Labute approximate surface area is 77.9 Å². The molecule has 0 aromatic heterocycles. The molecule has 0 spiro atoms. The lowest BCUT2D eigenvalue weighted by Gasteiger charge is -2.05. The van der Waals surface area contributed by atoms with Crippen molar-refractivity contribution in [1.29, 1.82) is 0 Å². The molecule has 1 aromatic rings. The summed E-state index contributed by atoms with van der Waals surface area (Å²) in [7, 11) is 0. The molecule has 0 radical (unpaired) electrons. The Bertz CT molecular complexity index is 230. The van der Waals surface area contributed by atoms with E-state index < -0.39 is 0 Å². The largest absolute Gasteiger partial charge is 0.508 e. The minimum absolute atomic E-state index is 0.247. The maximum atomic E-state index is 8.99. The molecular weight excluding hydrogens is 168 g/mol. The minimum atomic E-state index is 0.247. The van der Waals surface area contributed by atoms with E-state index in [0.29, 0.717) is 19.8 Å². The molecule has 0 saturated carbocycles. The highest BCUT2D eigenvalue weighted by Crippen LogP contribution is 2.15. The molecule has 0 amide bonds. The van der Waals surface area contributed by atoms with Crippen LogP contribution < -0.4 is 4.74 Å². The van der Waals surface area contributed by atoms with Crippen LogP contribution in [0.3, 0.4) is 0 Å². The van der Waals surface area contributed by atoms with Gasteiger partial charge in [0.15, 0.2) is 0 Å². The van der Waals surface area contributed by atoms with Crippen molar-refractivity contribution in [2.24, 2.45) is 0 Å². The van der Waals surface area contributed by atoms with Gasteiger partial charge in [0, 0.05) is 6.61 Å². The number of aromatic hydroxyl groups is 1. The first-order valence-corrected chi connectivity index (χ1v) is 4.32. The zero-order valence-corrected chi connectivity index (χ0v) is 7.69. The van der Waals surface area contributed by atoms with Crippen molar-refractivity contribution in [1.82, 2.24) is 0 Å². The van der Waals surface area contributed by atoms with Gasteiger partial charge in [0.25, 0.3) is 0 Å². The zero-order chi connectivity index (χ0) is 9.52. The minimum Gasteiger partial charge on any atom is -0.508 e. The van der Waals surface area contributed by atoms with E-state index in [2.05, 4.69) is 0 Å². The quantitative estimate of drug-likeness (QED) is 0.706. The SMILES string of the molecule is CCOCCOc1ccc(O)cc1. The molecule has 1 aromatic carbocycles. The van der Waals surface area contributed by atoms with Crippen LogP contribution in [0.5, 0.6) is 11.5 Å². The van der Waals surface area contributed by atoms with E-state index in [4.69, 9.17) is 14.6 Å². The molecule has 1 rings (SSSR count). The number of benzene rings is 1. The van der Waals surface area contributed by atoms with E-state index in [0.717, 1.165) is 5.75 Å². The van der Waals surface area contributed by atoms with Gasteiger partial charge in [-0.25, -0.2) is 0 Å². The van der Waals surface area contributed by atoms with E-state index in [1.165, 1.54) is 0 Å². The van der Waals surface area contributed by atoms with E-state index in [-0.39, 0.29) is 5.75 Å². The highest BCUT2D eigenvalue weighted by molar-refractivity contribution is 5.29. The third-order valence-electron chi connectivity index (χ3n) is 1.54. The van der Waals surface area contributed by atoms with Gasteiger partial charge in [0.1, 0.15) is 18.1 Å². The Balaban J connectivity index is 2.25. The van der Waals surface area contributed by atoms with Gasteiger partial charge < -0.3 is 14.6 Å². The molecule has 0 heterocycles. The van der Waals surface area contributed by atoms with Crippen LogP contribution in [0, 0.1) is 0 Å². The third-order valence-corrected chi connectivity index (χ3v) is 1.54. The fourth-order valence-electron chi connectivity index (χ4n) is 0.905. The summed E-state index contributed by atoms with van der Waals surface area (Å²) >= 11 is 0. The normalized spacial score (nSPS) is 9.92. The van der Waals surface area contributed by atoms with Crippen LogP contribution >= 0.6 is 0 Å². The molecule has 0 unspecified atom stereocenters. The summed E-state index contributed by atoms with van der Waals surface area (Å²) in [4.78, 5) is 0. The Hall–Kier alpha value is -1.22. The summed E-state index contributed by atoms with van der Waals surface area (Å²) in [5, 5.41) is 8.99. The average Bonchev–Trinajstić information content (AvgIpc) is 2.15. The van der Waals surface area contributed by atoms with Crippen LogP contribution in [0.4, 0.5) is 0 Å². The van der Waals surface area contributed by atoms with E-state index in [9.17, 15) is 0 Å². The first kappa shape index (κ1) is 9.86. The fourth-order valence-corrected chi connectivity index (χ4v) is 0.905. The fraction of sp³-hybridized carbons (Fsp3) is 0.400. The van der Waals surface area contributed by atoms with Gasteiger partial charge in [-0.15, -0.1) is 0 Å². The summed E-state index contributed by atoms with van der Waals surface area (Å²) in [5.74, 6) is 0.995. The van der Waals surface area contributed by atoms with Crippen LogP contribution in [0.2, 0.25) is 0 Å². The summed E-state index contributed by atoms with van der Waals surface area (Å²) in [6.07, 6.45) is 0. The van der Waals surface area contributed by atoms with Crippen molar-refractivity contribution in [2.75, 3.05) is 19.8 Å². The lowest BCUT2D eigenvalue weighted by molar-refractivity contribution is 0.110. The van der Waals surface area contributed by atoms with Gasteiger partial charge in [0.05, 0.1) is 6.61 Å². The maximum Gasteiger partial charge on any atom is 0.119 e. The first-order valence-electron chi connectivity index (χ1n) is 4.32. The van der Waals surface area contributed by atoms with Crippen LogP contribution in [0.25, 0.3) is 0 Å². The zero-order valence-electron chi connectivity index (χ0n) is 7.69. The van der Waals surface area contributed by atoms with Crippen molar-refractivity contribution in [3.8, 4) is 11.5 Å². The second-order valence-electron chi connectivity index (χ2n) is 2.54. The van der Waals surface area contributed by atoms with Crippen LogP contribution in [0.1, 0.15) is 6.92 Å². The Morgan fingerprint density at radius 3 is 2.46 bits per heavy atom. The molecule has 3 nitrogen and oxygen atoms in total. The average molecular weight is 182 g/mol. The molecule has 0 atom stereocenters. The molecule has 0 aliphatic rings. The summed E-state index contributed by atoms with van der Waals surface area (Å²) in [6.45, 7) is 3.79. The molecule has 72 valence electrons. The third kappa shape index (κ3) is 3.80. The van der Waals surface area contributed by atoms with E-state index in [1.54, 1.807) is 24.3 Å². The predicted octanol–water partition coefficient (Wildman–Crippen LogP) is 1.81. The lowest BCUT2D eigenvalue weighted by atomic mass is 10.3. The lowest BCUT2D eigenvalue weighted by Crippen LogP contribution is -2.05. The Kier molecular flexibility index (Phi) is 4.12. The molecule has 0 bridgehead atoms. The highest BCUT2D eigenvalue weighted by Gasteiger charge is 1.92. The molecule has 1 N–H and O–H groups in total. The molecule has 13 heavy (non-hydrogen) atoms. The summed E-state index contributed by atoms with van der Waals surface area (Å²) < 4.78 is 10.4. The van der Waals surface area contributed by atoms with Gasteiger partial charge in [-0.3, -0.25) is 0 Å². The number of phenolic OH excluding ortho intramolecular Hbond substituents is 1. The van der Waals surface area contributed by atoms with Crippen LogP contribution in [-0.4, -0.2) is 24.9 Å². The number of ether oxygens (including phenoxy) is 2. The van der Waals surface area contributed by atoms with Gasteiger partial charge in [-0.1, -0.05) is 0 Å². The second-order valence-corrected chi connectivity index (χ2v) is 2.54. The van der Waals surface area contributed by atoms with Crippen molar-refractivity contribution < 1.29 is 14.6 Å². The molecule has 0 aliphatic carbocycles. The topological polar surface area (TPSA) is 38.7 Å². The van der Waals surface area contributed by atoms with Crippen LogP contribution in [0.15, 0.2) is 24.3 Å². The van der Waals surface area contributed by atoms with Crippen molar-refractivity contribution in [3.63, 3.8) is 0 Å². The number of hydrogen-bond acceptors (Lipinski definition) is 3. The van der Waals surface area contributed by atoms with E-state index >= 15 is 0 Å². The number of phenols is 1. The Morgan fingerprint density at radius 1 is 1.15 bits per heavy atom. The smallest absolute Gasteiger partial charge is 0.119 e.